The van der Waals surface area contributed by atoms with Gasteiger partial charge in [-0.2, -0.15) is 0 Å². The van der Waals surface area contributed by atoms with Crippen LogP contribution in [0.25, 0.3) is 0 Å². The molecule has 0 bridgehead atoms. The lowest BCUT2D eigenvalue weighted by molar-refractivity contribution is -0.127. The normalized spacial score (nSPS) is 20.2. The number of amides is 1. The molecule has 0 N–H and O–H groups in total. The summed E-state index contributed by atoms with van der Waals surface area (Å²) in [6, 6.07) is 14.1. The van der Waals surface area contributed by atoms with E-state index < -0.39 is 27.5 Å². The van der Waals surface area contributed by atoms with Crippen molar-refractivity contribution in [1.82, 2.24) is 14.8 Å². The summed E-state index contributed by atoms with van der Waals surface area (Å²) in [7, 11) is 2.43. The number of likely N-dealkylation sites (tertiary alicyclic amines) is 1. The van der Waals surface area contributed by atoms with Crippen molar-refractivity contribution in [2.75, 3.05) is 39.2 Å². The van der Waals surface area contributed by atoms with Crippen molar-refractivity contribution in [1.29, 1.82) is 0 Å². The first-order valence-electron chi connectivity index (χ1n) is 14.3. The zero-order chi connectivity index (χ0) is 32.1. The van der Waals surface area contributed by atoms with Gasteiger partial charge in [-0.25, -0.2) is 17.7 Å². The lowest BCUT2D eigenvalue weighted by Gasteiger charge is -2.41. The molecule has 13 heteroatoms. The highest BCUT2D eigenvalue weighted by Crippen LogP contribution is 2.57. The van der Waals surface area contributed by atoms with Gasteiger partial charge in [-0.15, -0.1) is 0 Å². The van der Waals surface area contributed by atoms with Gasteiger partial charge in [0.15, 0.2) is 5.54 Å². The lowest BCUT2D eigenvalue weighted by Crippen LogP contribution is -2.54. The number of carbonyl (C=O) groups excluding carboxylic acids is 1. The molecule has 6 rings (SSSR count). The zero-order valence-electron chi connectivity index (χ0n) is 25.2. The van der Waals surface area contributed by atoms with Crippen molar-refractivity contribution in [2.24, 2.45) is 0 Å². The van der Waals surface area contributed by atoms with Crippen molar-refractivity contribution < 1.29 is 27.1 Å². The van der Waals surface area contributed by atoms with Gasteiger partial charge >= 0.3 is 0 Å². The summed E-state index contributed by atoms with van der Waals surface area (Å²) in [6.07, 6.45) is 4.36. The Morgan fingerprint density at radius 1 is 1.02 bits per heavy atom. The van der Waals surface area contributed by atoms with E-state index in [-0.39, 0.29) is 20.6 Å². The molecular formula is C32H32Cl2N4O6S. The fourth-order valence-electron chi connectivity index (χ4n) is 6.48. The second-order valence-electron chi connectivity index (χ2n) is 11.2. The topological polar surface area (TPSA) is 105 Å². The average Bonchev–Trinajstić information content (AvgIpc) is 3.76. The first-order chi connectivity index (χ1) is 21.5. The summed E-state index contributed by atoms with van der Waals surface area (Å²) in [5.41, 5.74) is 0.112. The fraction of sp³-hybridized carbons (Fsp3) is 0.312. The number of carbonyl (C=O) groups is 1. The second kappa shape index (κ2) is 12.0. The number of methoxy groups -OCH3 is 2. The van der Waals surface area contributed by atoms with Crippen molar-refractivity contribution in [3.05, 3.63) is 99.7 Å². The third kappa shape index (κ3) is 5.07. The number of oxazole rings is 1. The predicted molar refractivity (Wildman–Crippen MR) is 170 cm³/mol. The van der Waals surface area contributed by atoms with E-state index in [1.807, 2.05) is 36.0 Å². The van der Waals surface area contributed by atoms with Crippen molar-refractivity contribution in [3.63, 3.8) is 0 Å². The van der Waals surface area contributed by atoms with Crippen LogP contribution in [0.1, 0.15) is 41.5 Å². The van der Waals surface area contributed by atoms with E-state index in [9.17, 15) is 8.42 Å². The Hall–Kier alpha value is -3.61. The molecule has 236 valence electrons. The molecule has 0 spiro atoms. The molecule has 3 heterocycles. The van der Waals surface area contributed by atoms with Gasteiger partial charge in [0.25, 0.3) is 15.9 Å². The number of aromatic nitrogens is 1. The van der Waals surface area contributed by atoms with Crippen molar-refractivity contribution in [2.45, 2.75) is 35.9 Å². The Morgan fingerprint density at radius 3 is 2.40 bits per heavy atom. The van der Waals surface area contributed by atoms with Crippen LogP contribution in [0.15, 0.2) is 76.4 Å². The first kappa shape index (κ1) is 31.4. The molecule has 1 amide bonds. The Morgan fingerprint density at radius 2 is 1.76 bits per heavy atom. The minimum atomic E-state index is -4.47. The van der Waals surface area contributed by atoms with Gasteiger partial charge in [0.05, 0.1) is 47.1 Å². The smallest absolute Gasteiger partial charge is 0.271 e. The van der Waals surface area contributed by atoms with Gasteiger partial charge in [0.1, 0.15) is 17.8 Å². The van der Waals surface area contributed by atoms with Crippen LogP contribution in [0.2, 0.25) is 10.0 Å². The summed E-state index contributed by atoms with van der Waals surface area (Å²) in [5.74, 6) is 0.579. The quantitative estimate of drug-likeness (QED) is 0.216. The van der Waals surface area contributed by atoms with Gasteiger partial charge in [0.2, 0.25) is 5.89 Å². The summed E-state index contributed by atoms with van der Waals surface area (Å²) in [4.78, 5) is 23.7. The van der Waals surface area contributed by atoms with Crippen LogP contribution in [0.3, 0.4) is 0 Å². The van der Waals surface area contributed by atoms with Crippen molar-refractivity contribution in [3.8, 4) is 11.5 Å². The van der Waals surface area contributed by atoms with E-state index in [1.54, 1.807) is 18.3 Å². The highest BCUT2D eigenvalue weighted by atomic mass is 35.5. The number of nitrogens with zero attached hydrogens (tertiary/aromatic N) is 4. The molecule has 4 aromatic rings. The van der Waals surface area contributed by atoms with E-state index in [0.29, 0.717) is 54.4 Å². The highest BCUT2D eigenvalue weighted by molar-refractivity contribution is 7.93. The molecule has 0 saturated carbocycles. The molecule has 1 aromatic heterocycles. The predicted octanol–water partition coefficient (Wildman–Crippen LogP) is 5.88. The van der Waals surface area contributed by atoms with E-state index in [1.165, 1.54) is 50.8 Å². The maximum Gasteiger partial charge on any atom is 0.271 e. The SMILES string of the molecule is COc1ccc(S(=O)(=O)N2C(=O)C(c3cc(CN(C)C)ccc3OC)(N3CCC[C@H]3c3ncco3)c3cc(Cl)c(Cl)cc32)cc1. The fourth-order valence-corrected chi connectivity index (χ4v) is 8.25. The maximum atomic E-state index is 15.4. The van der Waals surface area contributed by atoms with Gasteiger partial charge < -0.3 is 18.8 Å². The van der Waals surface area contributed by atoms with Gasteiger partial charge in [-0.05, 0) is 81.0 Å². The van der Waals surface area contributed by atoms with Gasteiger partial charge in [0, 0.05) is 24.2 Å². The number of hydrogen-bond donors (Lipinski definition) is 0. The van der Waals surface area contributed by atoms with Crippen LogP contribution < -0.4 is 13.8 Å². The largest absolute Gasteiger partial charge is 0.497 e. The molecule has 0 radical (unpaired) electrons. The summed E-state index contributed by atoms with van der Waals surface area (Å²) >= 11 is 13.2. The molecule has 1 fully saturated rings. The van der Waals surface area contributed by atoms with Crippen LogP contribution in [-0.2, 0) is 26.9 Å². The highest BCUT2D eigenvalue weighted by Gasteiger charge is 2.63. The minimum absolute atomic E-state index is 0.0940. The molecular weight excluding hydrogens is 639 g/mol. The number of benzene rings is 3. The van der Waals surface area contributed by atoms with Gasteiger partial charge in [-0.3, -0.25) is 9.69 Å². The van der Waals surface area contributed by atoms with E-state index in [0.717, 1.165) is 9.87 Å². The molecule has 2 aliphatic rings. The zero-order valence-corrected chi connectivity index (χ0v) is 27.5. The molecule has 2 aliphatic heterocycles. The maximum absolute atomic E-state index is 15.4. The van der Waals surface area contributed by atoms with Crippen molar-refractivity contribution >= 4 is 44.8 Å². The van der Waals surface area contributed by atoms with Crippen LogP contribution in [0, 0.1) is 0 Å². The Balaban J connectivity index is 1.69. The first-order valence-corrected chi connectivity index (χ1v) is 16.4. The van der Waals surface area contributed by atoms with Crippen LogP contribution in [-0.4, -0.2) is 64.0 Å². The minimum Gasteiger partial charge on any atom is -0.497 e. The van der Waals surface area contributed by atoms with E-state index in [2.05, 4.69) is 4.98 Å². The molecule has 2 atom stereocenters. The van der Waals surface area contributed by atoms with Crippen LogP contribution in [0.5, 0.6) is 11.5 Å². The number of hydrogen-bond acceptors (Lipinski definition) is 9. The van der Waals surface area contributed by atoms with E-state index >= 15 is 4.79 Å². The van der Waals surface area contributed by atoms with E-state index in [4.69, 9.17) is 37.1 Å². The molecule has 10 nitrogen and oxygen atoms in total. The Labute approximate surface area is 272 Å². The van der Waals surface area contributed by atoms with Crippen LogP contribution in [0.4, 0.5) is 5.69 Å². The number of rotatable bonds is 9. The monoisotopic (exact) mass is 670 g/mol. The van der Waals surface area contributed by atoms with Crippen LogP contribution >= 0.6 is 23.2 Å². The molecule has 1 saturated heterocycles. The third-order valence-electron chi connectivity index (χ3n) is 8.31. The number of fused-ring (bicyclic) bond motifs is 1. The molecule has 45 heavy (non-hydrogen) atoms. The molecule has 0 aliphatic carbocycles. The molecule has 1 unspecified atom stereocenters. The number of halogens is 2. The molecule has 3 aromatic carbocycles. The van der Waals surface area contributed by atoms with Gasteiger partial charge in [-0.1, -0.05) is 29.3 Å². The summed E-state index contributed by atoms with van der Waals surface area (Å²) < 4.78 is 46.8. The average molecular weight is 672 g/mol. The number of sulfonamides is 1. The second-order valence-corrected chi connectivity index (χ2v) is 13.8. The standard InChI is InChI=1S/C32H32Cl2N4O6S/c1-36(2)19-20-7-12-29(43-4)24(16-20)32(37-14-5-6-27(37)30-35-13-15-44-30)23-17-25(33)26(34)18-28(23)38(31(32)39)45(40,41)22-10-8-21(42-3)9-11-22/h7-13,15-18,27H,5-6,14,19H2,1-4H3/t27-,32?/m0/s1. The number of ether oxygens (including phenoxy) is 2. The third-order valence-corrected chi connectivity index (χ3v) is 10.7. The summed E-state index contributed by atoms with van der Waals surface area (Å²) in [5, 5.41) is 0.277. The Kier molecular flexibility index (Phi) is 8.34. The Bertz CT molecular complexity index is 1850. The number of anilines is 1. The summed E-state index contributed by atoms with van der Waals surface area (Å²) in [6.45, 7) is 0.989. The lowest BCUT2D eigenvalue weighted by atomic mass is 9.80.